The van der Waals surface area contributed by atoms with Gasteiger partial charge in [-0.15, -0.1) is 0 Å². The van der Waals surface area contributed by atoms with Crippen LogP contribution < -0.4 is 0 Å². The van der Waals surface area contributed by atoms with Gasteiger partial charge in [-0.25, -0.2) is 0 Å². The average Bonchev–Trinajstić information content (AvgIpc) is 3.32. The molecule has 1 N–H and O–H groups in total. The molecule has 4 aliphatic carbocycles. The Labute approximate surface area is 194 Å². The Morgan fingerprint density at radius 2 is 1.75 bits per heavy atom. The van der Waals surface area contributed by atoms with E-state index in [1.807, 2.05) is 27.7 Å². The quantitative estimate of drug-likeness (QED) is 0.417. The number of rotatable bonds is 6. The van der Waals surface area contributed by atoms with Gasteiger partial charge < -0.3 is 19.0 Å². The molecule has 0 aliphatic heterocycles. The summed E-state index contributed by atoms with van der Waals surface area (Å²) in [6.07, 6.45) is 5.15. The molecule has 4 rings (SSSR count). The lowest BCUT2D eigenvalue weighted by Gasteiger charge is -2.41. The summed E-state index contributed by atoms with van der Waals surface area (Å²) in [7, 11) is -2.00. The van der Waals surface area contributed by atoms with Crippen LogP contribution in [0.5, 0.6) is 0 Å². The zero-order valence-corrected chi connectivity index (χ0v) is 22.4. The van der Waals surface area contributed by atoms with Crippen LogP contribution in [0, 0.1) is 17.3 Å². The highest BCUT2D eigenvalue weighted by atomic mass is 28.4. The maximum atomic E-state index is 14.0. The van der Waals surface area contributed by atoms with Gasteiger partial charge in [0.2, 0.25) is 11.5 Å². The number of Topliss-reactive ketones (excluding diaryl/α,β-unsaturated/α-hetero) is 1. The van der Waals surface area contributed by atoms with E-state index in [1.165, 1.54) is 0 Å². The number of allylic oxidation sites excluding steroid dienone is 1. The number of aliphatic hydroxyl groups is 1. The average molecular weight is 463 g/mol. The minimum Gasteiger partial charge on any atom is -0.488 e. The summed E-state index contributed by atoms with van der Waals surface area (Å²) in [5.74, 6) is 0.652. The van der Waals surface area contributed by atoms with Gasteiger partial charge in [-0.05, 0) is 76.6 Å². The van der Waals surface area contributed by atoms with Gasteiger partial charge >= 0.3 is 0 Å². The van der Waals surface area contributed by atoms with Crippen molar-refractivity contribution in [3.63, 3.8) is 0 Å². The molecule has 32 heavy (non-hydrogen) atoms. The van der Waals surface area contributed by atoms with Crippen LogP contribution in [-0.4, -0.2) is 43.1 Å². The van der Waals surface area contributed by atoms with Crippen molar-refractivity contribution in [3.8, 4) is 0 Å². The van der Waals surface area contributed by atoms with Crippen LogP contribution in [0.1, 0.15) is 74.1 Å². The van der Waals surface area contributed by atoms with Gasteiger partial charge in [0.05, 0.1) is 23.7 Å². The molecule has 0 bridgehead atoms. The smallest absolute Gasteiger partial charge is 0.211 e. The summed E-state index contributed by atoms with van der Waals surface area (Å²) in [5.41, 5.74) is -1.36. The highest BCUT2D eigenvalue weighted by Crippen LogP contribution is 2.73. The number of ketones is 1. The molecule has 1 unspecified atom stereocenters. The molecule has 0 radical (unpaired) electrons. The van der Waals surface area contributed by atoms with Crippen molar-refractivity contribution in [2.75, 3.05) is 0 Å². The summed E-state index contributed by atoms with van der Waals surface area (Å²) in [6, 6.07) is 0. The fraction of sp³-hybridized carbons (Fsp3) is 0.808. The first-order valence-corrected chi connectivity index (χ1v) is 15.3. The minimum atomic E-state index is -2.00. The van der Waals surface area contributed by atoms with Crippen LogP contribution in [0.2, 0.25) is 18.1 Å². The first-order valence-electron chi connectivity index (χ1n) is 12.4. The molecular formula is C26H42O5Si. The maximum Gasteiger partial charge on any atom is 0.211 e. The van der Waals surface area contributed by atoms with Crippen LogP contribution in [0.15, 0.2) is 23.2 Å². The number of hydrogen-bond acceptors (Lipinski definition) is 5. The molecule has 2 saturated carbocycles. The Morgan fingerprint density at radius 3 is 2.31 bits per heavy atom. The lowest BCUT2D eigenvalue weighted by Crippen LogP contribution is -2.49. The number of carbonyl (C=O) groups excluding carboxylic acids is 1. The van der Waals surface area contributed by atoms with E-state index in [9.17, 15) is 9.90 Å². The van der Waals surface area contributed by atoms with Gasteiger partial charge in [0.25, 0.3) is 0 Å². The second-order valence-corrected chi connectivity index (χ2v) is 17.1. The number of ether oxygens (including phenoxy) is 2. The molecule has 1 spiro atoms. The van der Waals surface area contributed by atoms with Gasteiger partial charge in [0.15, 0.2) is 19.7 Å². The number of fused-ring (bicyclic) bond motifs is 3. The molecule has 0 aromatic heterocycles. The molecule has 6 heteroatoms. The van der Waals surface area contributed by atoms with Crippen molar-refractivity contribution in [1.29, 1.82) is 0 Å². The summed E-state index contributed by atoms with van der Waals surface area (Å²) < 4.78 is 19.2. The molecule has 0 aromatic rings. The van der Waals surface area contributed by atoms with E-state index < -0.39 is 19.3 Å². The molecule has 5 nitrogen and oxygen atoms in total. The predicted molar refractivity (Wildman–Crippen MR) is 127 cm³/mol. The van der Waals surface area contributed by atoms with E-state index in [1.54, 1.807) is 0 Å². The summed E-state index contributed by atoms with van der Waals surface area (Å²) in [6.45, 7) is 19.0. The summed E-state index contributed by atoms with van der Waals surface area (Å²) >= 11 is 0. The zero-order chi connectivity index (χ0) is 23.9. The van der Waals surface area contributed by atoms with Crippen molar-refractivity contribution in [3.05, 3.63) is 23.2 Å². The van der Waals surface area contributed by atoms with Crippen LogP contribution in [0.25, 0.3) is 0 Å². The first-order chi connectivity index (χ1) is 14.7. The first kappa shape index (κ1) is 24.0. The Balaban J connectivity index is 1.80. The molecule has 0 saturated heterocycles. The fourth-order valence-electron chi connectivity index (χ4n) is 6.46. The maximum absolute atomic E-state index is 14.0. The molecule has 5 atom stereocenters. The monoisotopic (exact) mass is 462 g/mol. The van der Waals surface area contributed by atoms with E-state index >= 15 is 0 Å². The van der Waals surface area contributed by atoms with Gasteiger partial charge in [-0.1, -0.05) is 33.3 Å². The largest absolute Gasteiger partial charge is 0.488 e. The van der Waals surface area contributed by atoms with E-state index in [-0.39, 0.29) is 46.7 Å². The molecule has 0 aromatic carbocycles. The normalized spacial score (nSPS) is 36.7. The molecule has 0 amide bonds. The minimum absolute atomic E-state index is 0.0167. The Morgan fingerprint density at radius 1 is 1.12 bits per heavy atom. The van der Waals surface area contributed by atoms with Crippen molar-refractivity contribution in [2.24, 2.45) is 17.3 Å². The number of carbonyl (C=O) groups is 1. The summed E-state index contributed by atoms with van der Waals surface area (Å²) in [4.78, 5) is 14.0. The lowest BCUT2D eigenvalue weighted by molar-refractivity contribution is -0.137. The summed E-state index contributed by atoms with van der Waals surface area (Å²) in [5, 5.41) is 12.6. The van der Waals surface area contributed by atoms with E-state index in [4.69, 9.17) is 13.9 Å². The lowest BCUT2D eigenvalue weighted by atomic mass is 9.69. The zero-order valence-electron chi connectivity index (χ0n) is 21.4. The molecule has 4 aliphatic rings. The van der Waals surface area contributed by atoms with Crippen LogP contribution in [0.3, 0.4) is 0 Å². The van der Waals surface area contributed by atoms with E-state index in [2.05, 4.69) is 39.9 Å². The Bertz CT molecular complexity index is 864. The third-order valence-corrected chi connectivity index (χ3v) is 13.2. The SMILES string of the molecule is CC(C)OC1=C(OC(C)C)[C@@]2(O)C3=CC[C@H](O[Si](C)(C)C(C)(C)C)C3[C@@H]3CCC[C@@]32C1=O. The second-order valence-electron chi connectivity index (χ2n) is 12.3. The Kier molecular flexibility index (Phi) is 5.59. The van der Waals surface area contributed by atoms with Crippen LogP contribution >= 0.6 is 0 Å². The standard InChI is InChI=1S/C26H42O5Si/c1-15(2)29-21-22(27)25-14-10-11-17(25)20-18(26(25,28)23(21)30-16(3)4)12-13-19(20)31-32(8,9)24(5,6)7/h12,15-17,19-20,28H,10-11,13-14H2,1-9H3/t17-,19-,20?,25-,26-/m0/s1. The Hall–Kier alpha value is -1.11. The van der Waals surface area contributed by atoms with E-state index in [0.29, 0.717) is 12.2 Å². The topological polar surface area (TPSA) is 65.0 Å². The highest BCUT2D eigenvalue weighted by Gasteiger charge is 2.79. The van der Waals surface area contributed by atoms with E-state index in [0.717, 1.165) is 24.8 Å². The fourth-order valence-corrected chi connectivity index (χ4v) is 7.81. The molecule has 2 fully saturated rings. The van der Waals surface area contributed by atoms with Crippen molar-refractivity contribution < 1.29 is 23.8 Å². The predicted octanol–water partition coefficient (Wildman–Crippen LogP) is 5.50. The van der Waals surface area contributed by atoms with Crippen molar-refractivity contribution in [2.45, 2.75) is 116 Å². The third kappa shape index (κ3) is 3.05. The number of hydrogen-bond donors (Lipinski definition) is 1. The van der Waals surface area contributed by atoms with Gasteiger partial charge in [-0.2, -0.15) is 0 Å². The van der Waals surface area contributed by atoms with Crippen LogP contribution in [-0.2, 0) is 18.7 Å². The van der Waals surface area contributed by atoms with Crippen LogP contribution in [0.4, 0.5) is 0 Å². The van der Waals surface area contributed by atoms with Gasteiger partial charge in [0, 0.05) is 5.92 Å². The second kappa shape index (κ2) is 7.44. The highest BCUT2D eigenvalue weighted by molar-refractivity contribution is 6.74. The molecule has 0 heterocycles. The van der Waals surface area contributed by atoms with Gasteiger partial charge in [0.1, 0.15) is 0 Å². The van der Waals surface area contributed by atoms with Crippen molar-refractivity contribution >= 4 is 14.1 Å². The van der Waals surface area contributed by atoms with Gasteiger partial charge in [-0.3, -0.25) is 4.79 Å². The molecule has 180 valence electrons. The third-order valence-electron chi connectivity index (χ3n) is 8.65. The van der Waals surface area contributed by atoms with Crippen molar-refractivity contribution in [1.82, 2.24) is 0 Å². The molecular weight excluding hydrogens is 420 g/mol.